The lowest BCUT2D eigenvalue weighted by molar-refractivity contribution is -0.131. The number of methoxy groups -OCH3 is 2. The first-order valence-electron chi connectivity index (χ1n) is 10.5. The van der Waals surface area contributed by atoms with Crippen LogP contribution >= 0.6 is 0 Å². The van der Waals surface area contributed by atoms with Crippen molar-refractivity contribution in [1.82, 2.24) is 9.80 Å². The Bertz CT molecular complexity index is 943. The van der Waals surface area contributed by atoms with Gasteiger partial charge in [0.2, 0.25) is 5.91 Å². The monoisotopic (exact) mass is 424 g/mol. The second-order valence-electron chi connectivity index (χ2n) is 7.57. The molecule has 0 aliphatic carbocycles. The van der Waals surface area contributed by atoms with E-state index in [1.807, 2.05) is 53.4 Å². The van der Waals surface area contributed by atoms with Gasteiger partial charge in [-0.3, -0.25) is 9.69 Å². The highest BCUT2D eigenvalue weighted by molar-refractivity contribution is 5.97. The molecule has 2 fully saturated rings. The molecule has 8 heteroatoms. The SMILES string of the molecule is COc1ccccc1N1CCN(C(=O)CN2CCN(c3ccccc3OC)C2=O)CC1. The maximum absolute atomic E-state index is 12.9. The van der Waals surface area contributed by atoms with E-state index in [9.17, 15) is 9.59 Å². The Morgan fingerprint density at radius 3 is 2.03 bits per heavy atom. The standard InChI is InChI=1S/C23H28N4O4/c1-30-20-9-5-3-7-18(20)24-11-13-25(14-12-24)22(28)17-26-15-16-27(23(26)29)19-8-4-6-10-21(19)31-2/h3-10H,11-17H2,1-2H3. The number of nitrogens with zero attached hydrogens (tertiary/aromatic N) is 4. The molecule has 4 rings (SSSR count). The highest BCUT2D eigenvalue weighted by Gasteiger charge is 2.34. The minimum absolute atomic E-state index is 0.0186. The summed E-state index contributed by atoms with van der Waals surface area (Å²) in [6.07, 6.45) is 0. The van der Waals surface area contributed by atoms with Gasteiger partial charge in [0.25, 0.3) is 0 Å². The molecule has 2 aliphatic rings. The van der Waals surface area contributed by atoms with Gasteiger partial charge in [-0.25, -0.2) is 4.79 Å². The zero-order chi connectivity index (χ0) is 21.8. The number of piperazine rings is 1. The molecular weight excluding hydrogens is 396 g/mol. The normalized spacial score (nSPS) is 16.6. The molecule has 2 heterocycles. The Balaban J connectivity index is 1.34. The summed E-state index contributed by atoms with van der Waals surface area (Å²) in [6.45, 7) is 3.85. The van der Waals surface area contributed by atoms with Crippen LogP contribution in [0.25, 0.3) is 0 Å². The molecule has 164 valence electrons. The molecule has 0 bridgehead atoms. The summed E-state index contributed by atoms with van der Waals surface area (Å²) in [5, 5.41) is 0. The lowest BCUT2D eigenvalue weighted by atomic mass is 10.2. The van der Waals surface area contributed by atoms with Gasteiger partial charge in [-0.2, -0.15) is 0 Å². The number of anilines is 2. The van der Waals surface area contributed by atoms with Crippen LogP contribution in [-0.4, -0.2) is 81.8 Å². The highest BCUT2D eigenvalue weighted by atomic mass is 16.5. The van der Waals surface area contributed by atoms with Gasteiger partial charge >= 0.3 is 6.03 Å². The van der Waals surface area contributed by atoms with Crippen LogP contribution in [0.3, 0.4) is 0 Å². The van der Waals surface area contributed by atoms with E-state index in [2.05, 4.69) is 4.90 Å². The highest BCUT2D eigenvalue weighted by Crippen LogP contribution is 2.31. The molecule has 0 spiro atoms. The first kappa shape index (κ1) is 20.8. The number of para-hydroxylation sites is 4. The van der Waals surface area contributed by atoms with Gasteiger partial charge in [-0.15, -0.1) is 0 Å². The second kappa shape index (κ2) is 9.16. The molecule has 8 nitrogen and oxygen atoms in total. The van der Waals surface area contributed by atoms with E-state index in [4.69, 9.17) is 9.47 Å². The van der Waals surface area contributed by atoms with Crippen molar-refractivity contribution >= 4 is 23.3 Å². The number of hydrogen-bond donors (Lipinski definition) is 0. The molecular formula is C23H28N4O4. The number of hydrogen-bond acceptors (Lipinski definition) is 5. The van der Waals surface area contributed by atoms with Crippen molar-refractivity contribution in [1.29, 1.82) is 0 Å². The Kier molecular flexibility index (Phi) is 6.16. The van der Waals surface area contributed by atoms with Gasteiger partial charge in [-0.05, 0) is 24.3 Å². The minimum Gasteiger partial charge on any atom is -0.495 e. The van der Waals surface area contributed by atoms with Crippen LogP contribution in [0.5, 0.6) is 11.5 Å². The summed E-state index contributed by atoms with van der Waals surface area (Å²) in [5.74, 6) is 1.47. The van der Waals surface area contributed by atoms with Crippen LogP contribution < -0.4 is 19.3 Å². The summed E-state index contributed by atoms with van der Waals surface area (Å²) < 4.78 is 10.8. The average molecular weight is 425 g/mol. The molecule has 0 unspecified atom stereocenters. The molecule has 0 radical (unpaired) electrons. The van der Waals surface area contributed by atoms with Gasteiger partial charge in [-0.1, -0.05) is 24.3 Å². The van der Waals surface area contributed by atoms with E-state index in [-0.39, 0.29) is 18.5 Å². The van der Waals surface area contributed by atoms with Crippen LogP contribution in [0.1, 0.15) is 0 Å². The van der Waals surface area contributed by atoms with Crippen molar-refractivity contribution in [2.45, 2.75) is 0 Å². The van der Waals surface area contributed by atoms with Gasteiger partial charge in [0.05, 0.1) is 25.6 Å². The molecule has 2 aliphatic heterocycles. The lowest BCUT2D eigenvalue weighted by Gasteiger charge is -2.37. The number of rotatable bonds is 6. The lowest BCUT2D eigenvalue weighted by Crippen LogP contribution is -2.51. The number of carbonyl (C=O) groups excluding carboxylic acids is 2. The summed E-state index contributed by atoms with van der Waals surface area (Å²) in [6, 6.07) is 15.2. The third-order valence-corrected chi connectivity index (χ3v) is 5.86. The number of urea groups is 1. The van der Waals surface area contributed by atoms with Gasteiger partial charge < -0.3 is 24.2 Å². The molecule has 31 heavy (non-hydrogen) atoms. The summed E-state index contributed by atoms with van der Waals surface area (Å²) in [4.78, 5) is 33.1. The summed E-state index contributed by atoms with van der Waals surface area (Å²) >= 11 is 0. The zero-order valence-corrected chi connectivity index (χ0v) is 18.0. The molecule has 2 aromatic carbocycles. The fraction of sp³-hybridized carbons (Fsp3) is 0.391. The Labute approximate surface area is 182 Å². The third kappa shape index (κ3) is 4.23. The number of ether oxygens (including phenoxy) is 2. The van der Waals surface area contributed by atoms with Crippen molar-refractivity contribution in [2.75, 3.05) is 69.8 Å². The quantitative estimate of drug-likeness (QED) is 0.712. The third-order valence-electron chi connectivity index (χ3n) is 5.86. The zero-order valence-electron chi connectivity index (χ0n) is 18.0. The van der Waals surface area contributed by atoms with Crippen molar-refractivity contribution in [3.05, 3.63) is 48.5 Å². The largest absolute Gasteiger partial charge is 0.495 e. The first-order chi connectivity index (χ1) is 15.1. The maximum Gasteiger partial charge on any atom is 0.325 e. The molecule has 0 atom stereocenters. The maximum atomic E-state index is 12.9. The Morgan fingerprint density at radius 1 is 0.806 bits per heavy atom. The van der Waals surface area contributed by atoms with Crippen molar-refractivity contribution in [3.8, 4) is 11.5 Å². The molecule has 0 aromatic heterocycles. The van der Waals surface area contributed by atoms with E-state index in [0.717, 1.165) is 30.2 Å². The summed E-state index contributed by atoms with van der Waals surface area (Å²) in [5.41, 5.74) is 1.77. The fourth-order valence-electron chi connectivity index (χ4n) is 4.16. The number of carbonyl (C=O) groups is 2. The smallest absolute Gasteiger partial charge is 0.325 e. The second-order valence-corrected chi connectivity index (χ2v) is 7.57. The van der Waals surface area contributed by atoms with Crippen LogP contribution in [-0.2, 0) is 4.79 Å². The van der Waals surface area contributed by atoms with E-state index in [0.29, 0.717) is 31.9 Å². The van der Waals surface area contributed by atoms with Crippen molar-refractivity contribution < 1.29 is 19.1 Å². The van der Waals surface area contributed by atoms with Gasteiger partial charge in [0.15, 0.2) is 0 Å². The molecule has 0 N–H and O–H groups in total. The topological polar surface area (TPSA) is 65.6 Å². The molecule has 0 saturated carbocycles. The van der Waals surface area contributed by atoms with Gasteiger partial charge in [0, 0.05) is 39.3 Å². The van der Waals surface area contributed by atoms with E-state index in [1.54, 1.807) is 24.0 Å². The number of amides is 3. The Hall–Kier alpha value is -3.42. The molecule has 2 aromatic rings. The summed E-state index contributed by atoms with van der Waals surface area (Å²) in [7, 11) is 3.26. The Morgan fingerprint density at radius 2 is 1.39 bits per heavy atom. The molecule has 3 amide bonds. The number of benzene rings is 2. The minimum atomic E-state index is -0.162. The predicted molar refractivity (Wildman–Crippen MR) is 119 cm³/mol. The average Bonchev–Trinajstić information content (AvgIpc) is 3.18. The molecule has 2 saturated heterocycles. The van der Waals surface area contributed by atoms with Crippen LogP contribution in [0.15, 0.2) is 48.5 Å². The van der Waals surface area contributed by atoms with Crippen LogP contribution in [0.2, 0.25) is 0 Å². The van der Waals surface area contributed by atoms with Crippen molar-refractivity contribution in [2.24, 2.45) is 0 Å². The van der Waals surface area contributed by atoms with E-state index in [1.165, 1.54) is 0 Å². The van der Waals surface area contributed by atoms with Gasteiger partial charge in [0.1, 0.15) is 18.0 Å². The van der Waals surface area contributed by atoms with E-state index >= 15 is 0 Å². The van der Waals surface area contributed by atoms with Crippen LogP contribution in [0, 0.1) is 0 Å². The van der Waals surface area contributed by atoms with Crippen molar-refractivity contribution in [3.63, 3.8) is 0 Å². The van der Waals surface area contributed by atoms with E-state index < -0.39 is 0 Å². The fourth-order valence-corrected chi connectivity index (χ4v) is 4.16. The first-order valence-corrected chi connectivity index (χ1v) is 10.5. The predicted octanol–water partition coefficient (Wildman–Crippen LogP) is 2.29. The van der Waals surface area contributed by atoms with Crippen LogP contribution in [0.4, 0.5) is 16.2 Å².